The zero-order valence-electron chi connectivity index (χ0n) is 11.7. The van der Waals surface area contributed by atoms with Crippen molar-refractivity contribution in [2.24, 2.45) is 0 Å². The molecule has 2 unspecified atom stereocenters. The zero-order chi connectivity index (χ0) is 13.9. The van der Waals surface area contributed by atoms with E-state index < -0.39 is 0 Å². The summed E-state index contributed by atoms with van der Waals surface area (Å²) in [6.45, 7) is 3.83. The lowest BCUT2D eigenvalue weighted by Crippen LogP contribution is -2.21. The lowest BCUT2D eigenvalue weighted by Gasteiger charge is -2.19. The molecular formula is C14H20N2O3S. The predicted octanol–water partition coefficient (Wildman–Crippen LogP) is 2.33. The van der Waals surface area contributed by atoms with Crippen molar-refractivity contribution in [1.29, 1.82) is 0 Å². The van der Waals surface area contributed by atoms with Gasteiger partial charge in [0, 0.05) is 11.5 Å². The summed E-state index contributed by atoms with van der Waals surface area (Å²) in [6, 6.07) is 0.351. The van der Waals surface area contributed by atoms with Gasteiger partial charge in [-0.05, 0) is 32.6 Å². The second-order valence-corrected chi connectivity index (χ2v) is 6.31. The zero-order valence-corrected chi connectivity index (χ0v) is 12.5. The van der Waals surface area contributed by atoms with Crippen molar-refractivity contribution in [3.05, 3.63) is 10.6 Å². The van der Waals surface area contributed by atoms with Gasteiger partial charge in [0.25, 0.3) is 0 Å². The Morgan fingerprint density at radius 3 is 3.20 bits per heavy atom. The van der Waals surface area contributed by atoms with Crippen molar-refractivity contribution in [2.45, 2.75) is 44.6 Å². The highest BCUT2D eigenvalue weighted by molar-refractivity contribution is 7.15. The number of aromatic nitrogens is 1. The second kappa shape index (κ2) is 6.10. The van der Waals surface area contributed by atoms with Crippen LogP contribution >= 0.6 is 11.3 Å². The van der Waals surface area contributed by atoms with Crippen LogP contribution in [0.15, 0.2) is 0 Å². The van der Waals surface area contributed by atoms with Crippen LogP contribution in [0.2, 0.25) is 0 Å². The smallest absolute Gasteiger partial charge is 0.315 e. The van der Waals surface area contributed by atoms with Gasteiger partial charge in [0.1, 0.15) is 5.92 Å². The molecule has 0 bridgehead atoms. The molecule has 1 aliphatic heterocycles. The summed E-state index contributed by atoms with van der Waals surface area (Å²) in [4.78, 5) is 17.9. The van der Waals surface area contributed by atoms with Crippen LogP contribution in [0, 0.1) is 0 Å². The van der Waals surface area contributed by atoms with Crippen LogP contribution in [-0.2, 0) is 20.7 Å². The summed E-state index contributed by atoms with van der Waals surface area (Å²) >= 11 is 1.68. The molecule has 2 aliphatic rings. The SMILES string of the molecule is CCOC(=O)C1CCCc2sc(NC3CCOC3)nc21. The first-order valence-corrected chi connectivity index (χ1v) is 8.10. The predicted molar refractivity (Wildman–Crippen MR) is 77.3 cm³/mol. The average Bonchev–Trinajstić information content (AvgIpc) is 3.07. The van der Waals surface area contributed by atoms with E-state index in [1.165, 1.54) is 4.88 Å². The number of anilines is 1. The first kappa shape index (κ1) is 13.8. The quantitative estimate of drug-likeness (QED) is 0.864. The van der Waals surface area contributed by atoms with Crippen LogP contribution in [0.5, 0.6) is 0 Å². The normalized spacial score (nSPS) is 25.2. The summed E-state index contributed by atoms with van der Waals surface area (Å²) in [6.07, 6.45) is 3.92. The topological polar surface area (TPSA) is 60.5 Å². The van der Waals surface area contributed by atoms with Crippen LogP contribution < -0.4 is 5.32 Å². The van der Waals surface area contributed by atoms with Crippen LogP contribution in [0.3, 0.4) is 0 Å². The van der Waals surface area contributed by atoms with Gasteiger partial charge in [-0.2, -0.15) is 0 Å². The van der Waals surface area contributed by atoms with Gasteiger partial charge in [-0.3, -0.25) is 4.79 Å². The molecule has 1 aliphatic carbocycles. The standard InChI is InChI=1S/C14H20N2O3S/c1-2-19-13(17)10-4-3-5-11-12(10)16-14(20-11)15-9-6-7-18-8-9/h9-10H,2-8H2,1H3,(H,15,16). The van der Waals surface area contributed by atoms with Crippen LogP contribution in [-0.4, -0.2) is 36.8 Å². The summed E-state index contributed by atoms with van der Waals surface area (Å²) in [5.74, 6) is -0.306. The second-order valence-electron chi connectivity index (χ2n) is 5.23. The van der Waals surface area contributed by atoms with E-state index >= 15 is 0 Å². The van der Waals surface area contributed by atoms with Crippen molar-refractivity contribution in [3.63, 3.8) is 0 Å². The molecule has 1 aromatic rings. The van der Waals surface area contributed by atoms with Crippen LogP contribution in [0.4, 0.5) is 5.13 Å². The van der Waals surface area contributed by atoms with Gasteiger partial charge in [0.2, 0.25) is 0 Å². The highest BCUT2D eigenvalue weighted by Crippen LogP contribution is 2.37. The first-order valence-electron chi connectivity index (χ1n) is 7.28. The number of fused-ring (bicyclic) bond motifs is 1. The molecule has 0 amide bonds. The Morgan fingerprint density at radius 2 is 2.45 bits per heavy atom. The third-order valence-corrected chi connectivity index (χ3v) is 4.84. The Kier molecular flexibility index (Phi) is 4.21. The molecule has 1 fully saturated rings. The first-order chi connectivity index (χ1) is 9.78. The molecule has 1 N–H and O–H groups in total. The minimum atomic E-state index is -0.176. The Hall–Kier alpha value is -1.14. The number of nitrogens with zero attached hydrogens (tertiary/aromatic N) is 1. The number of aryl methyl sites for hydroxylation is 1. The fraction of sp³-hybridized carbons (Fsp3) is 0.714. The summed E-state index contributed by atoms with van der Waals surface area (Å²) in [5, 5.41) is 4.34. The van der Waals surface area contributed by atoms with Gasteiger partial charge in [-0.25, -0.2) is 4.98 Å². The molecule has 0 radical (unpaired) electrons. The number of rotatable bonds is 4. The molecule has 0 spiro atoms. The van der Waals surface area contributed by atoms with Gasteiger partial charge in [-0.15, -0.1) is 11.3 Å². The molecule has 5 nitrogen and oxygen atoms in total. The third-order valence-electron chi connectivity index (χ3n) is 3.78. The van der Waals surface area contributed by atoms with Gasteiger partial charge in [0.15, 0.2) is 5.13 Å². The molecule has 3 rings (SSSR count). The minimum Gasteiger partial charge on any atom is -0.465 e. The number of hydrogen-bond donors (Lipinski definition) is 1. The monoisotopic (exact) mass is 296 g/mol. The van der Waals surface area contributed by atoms with E-state index in [1.807, 2.05) is 6.92 Å². The highest BCUT2D eigenvalue weighted by Gasteiger charge is 2.31. The van der Waals surface area contributed by atoms with Crippen molar-refractivity contribution < 1.29 is 14.3 Å². The van der Waals surface area contributed by atoms with Gasteiger partial charge in [-0.1, -0.05) is 0 Å². The molecule has 20 heavy (non-hydrogen) atoms. The van der Waals surface area contributed by atoms with Crippen molar-refractivity contribution in [3.8, 4) is 0 Å². The number of carbonyl (C=O) groups excluding carboxylic acids is 1. The van der Waals surface area contributed by atoms with Crippen molar-refractivity contribution in [1.82, 2.24) is 4.98 Å². The van der Waals surface area contributed by atoms with E-state index in [0.29, 0.717) is 12.6 Å². The summed E-state index contributed by atoms with van der Waals surface area (Å²) < 4.78 is 10.5. The average molecular weight is 296 g/mol. The number of thiazole rings is 1. The maximum atomic E-state index is 12.0. The largest absolute Gasteiger partial charge is 0.465 e. The molecule has 6 heteroatoms. The molecular weight excluding hydrogens is 276 g/mol. The van der Waals surface area contributed by atoms with Crippen molar-refractivity contribution >= 4 is 22.4 Å². The highest BCUT2D eigenvalue weighted by atomic mass is 32.1. The Bertz CT molecular complexity index is 483. The third kappa shape index (κ3) is 2.81. The summed E-state index contributed by atoms with van der Waals surface area (Å²) in [5.41, 5.74) is 0.932. The van der Waals surface area contributed by atoms with E-state index in [1.54, 1.807) is 11.3 Å². The summed E-state index contributed by atoms with van der Waals surface area (Å²) in [7, 11) is 0. The van der Waals surface area contributed by atoms with E-state index in [0.717, 1.165) is 49.7 Å². The van der Waals surface area contributed by atoms with Gasteiger partial charge >= 0.3 is 5.97 Å². The number of carbonyl (C=O) groups is 1. The fourth-order valence-electron chi connectivity index (χ4n) is 2.78. The molecule has 0 saturated carbocycles. The fourth-order valence-corrected chi connectivity index (χ4v) is 3.92. The lowest BCUT2D eigenvalue weighted by molar-refractivity contribution is -0.145. The molecule has 1 saturated heterocycles. The Balaban J connectivity index is 1.75. The molecule has 2 atom stereocenters. The van der Waals surface area contributed by atoms with E-state index in [9.17, 15) is 4.79 Å². The van der Waals surface area contributed by atoms with Gasteiger partial charge in [0.05, 0.1) is 24.9 Å². The van der Waals surface area contributed by atoms with E-state index in [4.69, 9.17) is 9.47 Å². The molecule has 0 aromatic carbocycles. The lowest BCUT2D eigenvalue weighted by atomic mass is 9.91. The number of ether oxygens (including phenoxy) is 2. The van der Waals surface area contributed by atoms with E-state index in [-0.39, 0.29) is 11.9 Å². The number of esters is 1. The van der Waals surface area contributed by atoms with Gasteiger partial charge < -0.3 is 14.8 Å². The van der Waals surface area contributed by atoms with Crippen molar-refractivity contribution in [2.75, 3.05) is 25.1 Å². The molecule has 1 aromatic heterocycles. The van der Waals surface area contributed by atoms with E-state index in [2.05, 4.69) is 10.3 Å². The number of hydrogen-bond acceptors (Lipinski definition) is 6. The maximum Gasteiger partial charge on any atom is 0.315 e. The maximum absolute atomic E-state index is 12.0. The molecule has 110 valence electrons. The molecule has 2 heterocycles. The van der Waals surface area contributed by atoms with Crippen LogP contribution in [0.1, 0.15) is 42.7 Å². The van der Waals surface area contributed by atoms with Crippen LogP contribution in [0.25, 0.3) is 0 Å². The Labute approximate surface area is 122 Å². The number of nitrogens with one attached hydrogen (secondary N) is 1. The minimum absolute atomic E-state index is 0.130. The Morgan fingerprint density at radius 1 is 1.55 bits per heavy atom.